The van der Waals surface area contributed by atoms with Crippen LogP contribution in [-0.2, 0) is 4.79 Å². The first-order chi connectivity index (χ1) is 10.7. The number of hydrogen-bond donors (Lipinski definition) is 2. The van der Waals surface area contributed by atoms with Gasteiger partial charge in [0.25, 0.3) is 0 Å². The number of rotatable bonds is 4. The number of halogens is 1. The van der Waals surface area contributed by atoms with Crippen molar-refractivity contribution in [2.45, 2.75) is 39.8 Å². The van der Waals surface area contributed by atoms with Gasteiger partial charge in [0.1, 0.15) is 11.9 Å². The summed E-state index contributed by atoms with van der Waals surface area (Å²) in [6.45, 7) is 7.38. The van der Waals surface area contributed by atoms with E-state index in [1.54, 1.807) is 19.1 Å². The van der Waals surface area contributed by atoms with Crippen LogP contribution in [-0.4, -0.2) is 22.1 Å². The highest BCUT2D eigenvalue weighted by molar-refractivity contribution is 5.82. The van der Waals surface area contributed by atoms with Gasteiger partial charge in [-0.2, -0.15) is 4.98 Å². The Morgan fingerprint density at radius 1 is 1.39 bits per heavy atom. The van der Waals surface area contributed by atoms with E-state index in [0.29, 0.717) is 5.56 Å². The summed E-state index contributed by atoms with van der Waals surface area (Å²) in [6.07, 6.45) is 0. The lowest BCUT2D eigenvalue weighted by molar-refractivity contribution is -0.125. The van der Waals surface area contributed by atoms with Gasteiger partial charge in [0.15, 0.2) is 0 Å². The van der Waals surface area contributed by atoms with Crippen molar-refractivity contribution in [2.75, 3.05) is 0 Å². The summed E-state index contributed by atoms with van der Waals surface area (Å²) >= 11 is 0. The van der Waals surface area contributed by atoms with Crippen molar-refractivity contribution in [1.82, 2.24) is 15.5 Å². The fourth-order valence-electron chi connectivity index (χ4n) is 1.91. The minimum atomic E-state index is -0.657. The molecule has 3 N–H and O–H groups in total. The molecule has 23 heavy (non-hydrogen) atoms. The number of hydrogen-bond acceptors (Lipinski definition) is 5. The van der Waals surface area contributed by atoms with Crippen LogP contribution in [0, 0.1) is 11.2 Å². The Bertz CT molecular complexity index is 693. The summed E-state index contributed by atoms with van der Waals surface area (Å²) in [4.78, 5) is 16.3. The number of nitrogens with one attached hydrogen (secondary N) is 1. The molecule has 0 aliphatic rings. The second kappa shape index (κ2) is 6.45. The van der Waals surface area contributed by atoms with Crippen molar-refractivity contribution >= 4 is 5.91 Å². The van der Waals surface area contributed by atoms with Crippen molar-refractivity contribution in [3.05, 3.63) is 36.0 Å². The third kappa shape index (κ3) is 4.13. The van der Waals surface area contributed by atoms with Crippen LogP contribution in [0.1, 0.15) is 39.6 Å². The first-order valence-corrected chi connectivity index (χ1v) is 7.34. The van der Waals surface area contributed by atoms with Gasteiger partial charge >= 0.3 is 0 Å². The van der Waals surface area contributed by atoms with Crippen LogP contribution in [0.4, 0.5) is 4.39 Å². The van der Waals surface area contributed by atoms with Crippen molar-refractivity contribution in [1.29, 1.82) is 0 Å². The second-order valence-corrected chi connectivity index (χ2v) is 6.54. The van der Waals surface area contributed by atoms with Crippen LogP contribution in [0.3, 0.4) is 0 Å². The molecule has 0 bridgehead atoms. The Morgan fingerprint density at radius 2 is 2.09 bits per heavy atom. The predicted octanol–water partition coefficient (Wildman–Crippen LogP) is 2.43. The normalized spacial score (nSPS) is 14.3. The zero-order valence-corrected chi connectivity index (χ0v) is 13.6. The summed E-state index contributed by atoms with van der Waals surface area (Å²) in [5, 5.41) is 6.56. The van der Waals surface area contributed by atoms with Gasteiger partial charge in [-0.3, -0.25) is 4.79 Å². The molecule has 2 rings (SSSR count). The molecule has 7 heteroatoms. The standard InChI is InChI=1S/C16H21FN4O2/c1-9(19-14(22)12(18)16(2,3)4)15-20-13(21-23-15)10-6-5-7-11(17)8-10/h5-9,12H,18H2,1-4H3,(H,19,22)/t9?,12-/m1/s1. The van der Waals surface area contributed by atoms with Gasteiger partial charge in [-0.1, -0.05) is 38.1 Å². The van der Waals surface area contributed by atoms with Gasteiger partial charge in [-0.05, 0) is 24.5 Å². The van der Waals surface area contributed by atoms with Crippen LogP contribution in [0.5, 0.6) is 0 Å². The molecule has 0 aliphatic heterocycles. The van der Waals surface area contributed by atoms with Crippen molar-refractivity contribution in [2.24, 2.45) is 11.1 Å². The van der Waals surface area contributed by atoms with Gasteiger partial charge in [0.2, 0.25) is 17.6 Å². The molecule has 0 saturated carbocycles. The molecule has 1 aromatic heterocycles. The lowest BCUT2D eigenvalue weighted by Gasteiger charge is -2.26. The highest BCUT2D eigenvalue weighted by Crippen LogP contribution is 2.21. The van der Waals surface area contributed by atoms with Gasteiger partial charge in [-0.15, -0.1) is 0 Å². The Kier molecular flexibility index (Phi) is 4.79. The number of nitrogens with zero attached hydrogens (tertiary/aromatic N) is 2. The average Bonchev–Trinajstić information content (AvgIpc) is 2.95. The van der Waals surface area contributed by atoms with Crippen molar-refractivity contribution in [3.63, 3.8) is 0 Å². The summed E-state index contributed by atoms with van der Waals surface area (Å²) in [6, 6.07) is 4.74. The van der Waals surface area contributed by atoms with Gasteiger partial charge in [0.05, 0.1) is 6.04 Å². The van der Waals surface area contributed by atoms with E-state index in [9.17, 15) is 9.18 Å². The summed E-state index contributed by atoms with van der Waals surface area (Å²) < 4.78 is 18.4. The molecule has 1 unspecified atom stereocenters. The van der Waals surface area contributed by atoms with Gasteiger partial charge < -0.3 is 15.6 Å². The lowest BCUT2D eigenvalue weighted by Crippen LogP contribution is -2.49. The zero-order chi connectivity index (χ0) is 17.2. The van der Waals surface area contributed by atoms with Crippen LogP contribution in [0.2, 0.25) is 0 Å². The Balaban J connectivity index is 2.10. The highest BCUT2D eigenvalue weighted by atomic mass is 19.1. The number of aromatic nitrogens is 2. The van der Waals surface area contributed by atoms with E-state index in [4.69, 9.17) is 10.3 Å². The number of benzene rings is 1. The van der Waals surface area contributed by atoms with E-state index < -0.39 is 12.1 Å². The average molecular weight is 320 g/mol. The molecule has 0 aliphatic carbocycles. The third-order valence-corrected chi connectivity index (χ3v) is 3.47. The number of amides is 1. The van der Waals surface area contributed by atoms with E-state index >= 15 is 0 Å². The molecule has 124 valence electrons. The molecule has 1 heterocycles. The smallest absolute Gasteiger partial charge is 0.249 e. The first-order valence-electron chi connectivity index (χ1n) is 7.34. The van der Waals surface area contributed by atoms with Gasteiger partial charge in [0, 0.05) is 5.56 Å². The Hall–Kier alpha value is -2.28. The van der Waals surface area contributed by atoms with Crippen LogP contribution >= 0.6 is 0 Å². The molecular weight excluding hydrogens is 299 g/mol. The van der Waals surface area contributed by atoms with E-state index in [1.165, 1.54) is 12.1 Å². The molecule has 0 saturated heterocycles. The number of carbonyl (C=O) groups excluding carboxylic acids is 1. The largest absolute Gasteiger partial charge is 0.343 e. The maximum atomic E-state index is 13.2. The maximum Gasteiger partial charge on any atom is 0.249 e. The minimum absolute atomic E-state index is 0.235. The molecular formula is C16H21FN4O2. The molecule has 6 nitrogen and oxygen atoms in total. The van der Waals surface area contributed by atoms with E-state index in [-0.39, 0.29) is 28.9 Å². The molecule has 0 radical (unpaired) electrons. The predicted molar refractivity (Wildman–Crippen MR) is 83.7 cm³/mol. The zero-order valence-electron chi connectivity index (χ0n) is 13.6. The van der Waals surface area contributed by atoms with Gasteiger partial charge in [-0.25, -0.2) is 4.39 Å². The molecule has 1 amide bonds. The van der Waals surface area contributed by atoms with E-state index in [0.717, 1.165) is 0 Å². The van der Waals surface area contributed by atoms with E-state index in [2.05, 4.69) is 15.5 Å². The molecule has 2 atom stereocenters. The molecule has 1 aromatic carbocycles. The third-order valence-electron chi connectivity index (χ3n) is 3.47. The molecule has 0 fully saturated rings. The number of nitrogens with two attached hydrogens (primary N) is 1. The summed E-state index contributed by atoms with van der Waals surface area (Å²) in [7, 11) is 0. The quantitative estimate of drug-likeness (QED) is 0.902. The highest BCUT2D eigenvalue weighted by Gasteiger charge is 2.29. The maximum absolute atomic E-state index is 13.2. The second-order valence-electron chi connectivity index (χ2n) is 6.54. The number of carbonyl (C=O) groups is 1. The van der Waals surface area contributed by atoms with Crippen molar-refractivity contribution in [3.8, 4) is 11.4 Å². The fraction of sp³-hybridized carbons (Fsp3) is 0.438. The monoisotopic (exact) mass is 320 g/mol. The SMILES string of the molecule is CC(NC(=O)[C@@H](N)C(C)(C)C)c1nc(-c2cccc(F)c2)no1. The molecule has 0 spiro atoms. The Morgan fingerprint density at radius 3 is 2.70 bits per heavy atom. The van der Waals surface area contributed by atoms with Crippen molar-refractivity contribution < 1.29 is 13.7 Å². The van der Waals surface area contributed by atoms with E-state index in [1.807, 2.05) is 20.8 Å². The summed E-state index contributed by atoms with van der Waals surface area (Å²) in [5.41, 5.74) is 6.06. The molecule has 2 aromatic rings. The summed E-state index contributed by atoms with van der Waals surface area (Å²) in [5.74, 6) is -0.179. The van der Waals surface area contributed by atoms with Crippen LogP contribution in [0.15, 0.2) is 28.8 Å². The lowest BCUT2D eigenvalue weighted by atomic mass is 9.87. The topological polar surface area (TPSA) is 94.0 Å². The Labute approximate surface area is 134 Å². The minimum Gasteiger partial charge on any atom is -0.343 e. The van der Waals surface area contributed by atoms with Crippen LogP contribution in [0.25, 0.3) is 11.4 Å². The fourth-order valence-corrected chi connectivity index (χ4v) is 1.91. The van der Waals surface area contributed by atoms with Crippen LogP contribution < -0.4 is 11.1 Å². The first kappa shape index (κ1) is 17.1.